The monoisotopic (exact) mass is 304 g/mol. The molecule has 0 spiro atoms. The van der Waals surface area contributed by atoms with Gasteiger partial charge in [0.25, 0.3) is 10.0 Å². The second-order valence-corrected chi connectivity index (χ2v) is 7.82. The number of hydrogen-bond donors (Lipinski definition) is 1. The molecule has 0 saturated carbocycles. The van der Waals surface area contributed by atoms with Gasteiger partial charge in [-0.15, -0.1) is 0 Å². The molecule has 8 heteroatoms. The van der Waals surface area contributed by atoms with Gasteiger partial charge in [-0.3, -0.25) is 4.79 Å². The fourth-order valence-electron chi connectivity index (χ4n) is 1.50. The van der Waals surface area contributed by atoms with Gasteiger partial charge in [-0.1, -0.05) is 11.3 Å². The van der Waals surface area contributed by atoms with E-state index in [2.05, 4.69) is 4.98 Å². The van der Waals surface area contributed by atoms with Gasteiger partial charge in [0.2, 0.25) is 0 Å². The summed E-state index contributed by atoms with van der Waals surface area (Å²) in [7, 11) is -2.09. The van der Waals surface area contributed by atoms with E-state index in [0.717, 1.165) is 16.9 Å². The van der Waals surface area contributed by atoms with Gasteiger partial charge in [0.05, 0.1) is 0 Å². The van der Waals surface area contributed by atoms with Gasteiger partial charge in [0, 0.05) is 19.3 Å². The van der Waals surface area contributed by atoms with Crippen molar-refractivity contribution in [3.05, 3.63) is 37.8 Å². The van der Waals surface area contributed by atoms with Gasteiger partial charge in [0.1, 0.15) is 0 Å². The summed E-state index contributed by atoms with van der Waals surface area (Å²) in [6, 6.07) is 1.88. The Balaban J connectivity index is 2.31. The molecule has 0 atom stereocenters. The van der Waals surface area contributed by atoms with Gasteiger partial charge >= 0.3 is 4.87 Å². The topological polar surface area (TPSA) is 70.2 Å². The van der Waals surface area contributed by atoms with Crippen LogP contribution >= 0.6 is 22.7 Å². The first-order valence-electron chi connectivity index (χ1n) is 5.08. The molecule has 0 amide bonds. The van der Waals surface area contributed by atoms with Crippen LogP contribution in [0.3, 0.4) is 0 Å². The maximum absolute atomic E-state index is 12.3. The van der Waals surface area contributed by atoms with E-state index in [1.165, 1.54) is 22.7 Å². The van der Waals surface area contributed by atoms with E-state index in [9.17, 15) is 13.2 Å². The van der Waals surface area contributed by atoms with Gasteiger partial charge in [-0.05, 0) is 29.3 Å². The Bertz CT molecular complexity index is 682. The number of nitrogens with one attached hydrogen (secondary N) is 1. The van der Waals surface area contributed by atoms with Crippen molar-refractivity contribution in [2.24, 2.45) is 0 Å². The summed E-state index contributed by atoms with van der Waals surface area (Å²) in [4.78, 5) is 13.3. The molecule has 98 valence electrons. The Labute approximate surface area is 113 Å². The fourth-order valence-corrected chi connectivity index (χ4v) is 4.81. The Hall–Kier alpha value is -0.960. The Kier molecular flexibility index (Phi) is 3.71. The second-order valence-electron chi connectivity index (χ2n) is 3.82. The number of aryl methyl sites for hydroxylation is 1. The molecule has 0 aliphatic rings. The van der Waals surface area contributed by atoms with E-state index >= 15 is 0 Å². The Morgan fingerprint density at radius 2 is 2.17 bits per heavy atom. The van der Waals surface area contributed by atoms with Crippen molar-refractivity contribution in [2.45, 2.75) is 17.7 Å². The molecule has 0 saturated heterocycles. The minimum Gasteiger partial charge on any atom is -0.315 e. The van der Waals surface area contributed by atoms with E-state index in [4.69, 9.17) is 0 Å². The zero-order valence-electron chi connectivity index (χ0n) is 9.84. The van der Waals surface area contributed by atoms with Crippen molar-refractivity contribution in [3.8, 4) is 0 Å². The summed E-state index contributed by atoms with van der Waals surface area (Å²) >= 11 is 2.24. The third-order valence-corrected chi connectivity index (χ3v) is 6.53. The first-order valence-corrected chi connectivity index (χ1v) is 8.28. The van der Waals surface area contributed by atoms with Crippen molar-refractivity contribution in [1.29, 1.82) is 0 Å². The summed E-state index contributed by atoms with van der Waals surface area (Å²) in [6.07, 6.45) is 0. The highest BCUT2D eigenvalue weighted by Crippen LogP contribution is 2.21. The van der Waals surface area contributed by atoms with Gasteiger partial charge in [0.15, 0.2) is 4.21 Å². The summed E-state index contributed by atoms with van der Waals surface area (Å²) in [5.41, 5.74) is 1.33. The molecule has 5 nitrogen and oxygen atoms in total. The highest BCUT2D eigenvalue weighted by molar-refractivity contribution is 7.91. The molecular weight excluding hydrogens is 292 g/mol. The first kappa shape index (κ1) is 13.5. The third-order valence-electron chi connectivity index (χ3n) is 2.41. The SMILES string of the molecule is Cc1[nH]c(=O)sc1S(=O)(=O)N(C)Cc1ccsc1. The van der Waals surface area contributed by atoms with Crippen LogP contribution in [0.5, 0.6) is 0 Å². The molecule has 0 radical (unpaired) electrons. The number of sulfonamides is 1. The van der Waals surface area contributed by atoms with Crippen LogP contribution in [0.4, 0.5) is 0 Å². The molecule has 0 aliphatic carbocycles. The third kappa shape index (κ3) is 2.56. The number of aromatic amines is 1. The quantitative estimate of drug-likeness (QED) is 0.933. The average molecular weight is 304 g/mol. The maximum Gasteiger partial charge on any atom is 0.305 e. The van der Waals surface area contributed by atoms with Crippen LogP contribution in [-0.2, 0) is 16.6 Å². The van der Waals surface area contributed by atoms with E-state index in [1.54, 1.807) is 6.92 Å². The zero-order chi connectivity index (χ0) is 13.3. The van der Waals surface area contributed by atoms with E-state index in [0.29, 0.717) is 12.2 Å². The smallest absolute Gasteiger partial charge is 0.305 e. The lowest BCUT2D eigenvalue weighted by Gasteiger charge is -2.15. The van der Waals surface area contributed by atoms with Crippen LogP contribution in [0.15, 0.2) is 25.8 Å². The normalized spacial score (nSPS) is 12.2. The lowest BCUT2D eigenvalue weighted by molar-refractivity contribution is 0.468. The van der Waals surface area contributed by atoms with Crippen LogP contribution in [0.2, 0.25) is 0 Å². The minimum atomic E-state index is -3.60. The van der Waals surface area contributed by atoms with E-state index in [-0.39, 0.29) is 9.08 Å². The number of hydrogen-bond acceptors (Lipinski definition) is 5. The minimum absolute atomic E-state index is 0.0882. The Morgan fingerprint density at radius 3 is 2.67 bits per heavy atom. The van der Waals surface area contributed by atoms with Gasteiger partial charge in [-0.25, -0.2) is 8.42 Å². The number of aromatic nitrogens is 1. The van der Waals surface area contributed by atoms with Crippen LogP contribution < -0.4 is 4.87 Å². The van der Waals surface area contributed by atoms with E-state index < -0.39 is 10.0 Å². The summed E-state index contributed by atoms with van der Waals surface area (Å²) in [6.45, 7) is 1.89. The van der Waals surface area contributed by atoms with Crippen LogP contribution in [-0.4, -0.2) is 24.8 Å². The van der Waals surface area contributed by atoms with Crippen LogP contribution in [0.1, 0.15) is 11.3 Å². The predicted octanol–water partition coefficient (Wildman–Crippen LogP) is 1.63. The number of rotatable bonds is 4. The molecule has 18 heavy (non-hydrogen) atoms. The fraction of sp³-hybridized carbons (Fsp3) is 0.300. The van der Waals surface area contributed by atoms with Crippen molar-refractivity contribution < 1.29 is 8.42 Å². The molecule has 0 aromatic carbocycles. The van der Waals surface area contributed by atoms with Crippen LogP contribution in [0.25, 0.3) is 0 Å². The average Bonchev–Trinajstić information content (AvgIpc) is 2.88. The highest BCUT2D eigenvalue weighted by Gasteiger charge is 2.25. The second kappa shape index (κ2) is 4.96. The number of thiophene rings is 1. The van der Waals surface area contributed by atoms with Gasteiger partial charge in [-0.2, -0.15) is 15.6 Å². The summed E-state index contributed by atoms with van der Waals surface area (Å²) in [5, 5.41) is 3.80. The maximum atomic E-state index is 12.3. The number of nitrogens with zero attached hydrogens (tertiary/aromatic N) is 1. The summed E-state index contributed by atoms with van der Waals surface area (Å²) in [5.74, 6) is 0. The van der Waals surface area contributed by atoms with Gasteiger partial charge < -0.3 is 4.98 Å². The molecule has 1 N–H and O–H groups in total. The lowest BCUT2D eigenvalue weighted by Crippen LogP contribution is -2.26. The molecule has 0 aliphatic heterocycles. The number of H-pyrrole nitrogens is 1. The molecule has 0 bridgehead atoms. The standard InChI is InChI=1S/C10H12N2O3S3/c1-7-9(17-10(13)11-7)18(14,15)12(2)5-8-3-4-16-6-8/h3-4,6H,5H2,1-2H3,(H,11,13). The number of thiazole rings is 1. The Morgan fingerprint density at radius 1 is 1.44 bits per heavy atom. The zero-order valence-corrected chi connectivity index (χ0v) is 12.3. The molecule has 2 aromatic heterocycles. The van der Waals surface area contributed by atoms with Crippen molar-refractivity contribution in [3.63, 3.8) is 0 Å². The molecule has 2 rings (SSSR count). The molecule has 0 unspecified atom stereocenters. The molecular formula is C10H12N2O3S3. The first-order chi connectivity index (χ1) is 8.41. The van der Waals surface area contributed by atoms with Crippen LogP contribution in [0, 0.1) is 6.92 Å². The van der Waals surface area contributed by atoms with Crippen molar-refractivity contribution in [2.75, 3.05) is 7.05 Å². The lowest BCUT2D eigenvalue weighted by atomic mass is 10.3. The van der Waals surface area contributed by atoms with Crippen molar-refractivity contribution >= 4 is 32.7 Å². The molecule has 2 heterocycles. The summed E-state index contributed by atoms with van der Waals surface area (Å²) < 4.78 is 25.9. The van der Waals surface area contributed by atoms with E-state index in [1.807, 2.05) is 16.8 Å². The molecule has 2 aromatic rings. The predicted molar refractivity (Wildman–Crippen MR) is 72.6 cm³/mol. The largest absolute Gasteiger partial charge is 0.315 e. The highest BCUT2D eigenvalue weighted by atomic mass is 32.2. The van der Waals surface area contributed by atoms with Crippen molar-refractivity contribution in [1.82, 2.24) is 9.29 Å². The molecule has 0 fully saturated rings.